The summed E-state index contributed by atoms with van der Waals surface area (Å²) in [7, 11) is 0. The van der Waals surface area contributed by atoms with Crippen molar-refractivity contribution in [2.45, 2.75) is 33.7 Å². The zero-order valence-electron chi connectivity index (χ0n) is 10.1. The molecule has 0 radical (unpaired) electrons. The molecule has 5 heteroatoms. The molecular formula is C11H17NO4. The molecule has 0 N–H and O–H groups in total. The van der Waals surface area contributed by atoms with Crippen molar-refractivity contribution in [2.75, 3.05) is 13.2 Å². The lowest BCUT2D eigenvalue weighted by Crippen LogP contribution is -2.40. The minimum atomic E-state index is -0.940. The summed E-state index contributed by atoms with van der Waals surface area (Å²) in [5.74, 6) is -0.673. The van der Waals surface area contributed by atoms with Crippen molar-refractivity contribution in [1.29, 1.82) is 0 Å². The van der Waals surface area contributed by atoms with E-state index in [9.17, 15) is 14.4 Å². The van der Waals surface area contributed by atoms with Gasteiger partial charge in [0.05, 0.1) is 12.6 Å². The standard InChI is InChI=1S/C11H17NO4/c1-7(6-16-8(2)13)12-5-9(14)11(3,4)10(12)15/h7H,5-6H2,1-4H3/t7-/m0/s1. The van der Waals surface area contributed by atoms with Crippen molar-refractivity contribution in [3.63, 3.8) is 0 Å². The highest BCUT2D eigenvalue weighted by Gasteiger charge is 2.47. The quantitative estimate of drug-likeness (QED) is 0.516. The summed E-state index contributed by atoms with van der Waals surface area (Å²) in [6, 6.07) is -0.262. The number of ether oxygens (including phenoxy) is 1. The van der Waals surface area contributed by atoms with Crippen LogP contribution in [0.25, 0.3) is 0 Å². The monoisotopic (exact) mass is 227 g/mol. The third kappa shape index (κ3) is 2.23. The summed E-state index contributed by atoms with van der Waals surface area (Å²) < 4.78 is 4.82. The van der Waals surface area contributed by atoms with Crippen molar-refractivity contribution in [2.24, 2.45) is 5.41 Å². The van der Waals surface area contributed by atoms with Crippen LogP contribution < -0.4 is 0 Å². The number of amides is 1. The van der Waals surface area contributed by atoms with Gasteiger partial charge < -0.3 is 9.64 Å². The summed E-state index contributed by atoms with van der Waals surface area (Å²) in [5.41, 5.74) is -0.940. The van der Waals surface area contributed by atoms with Crippen LogP contribution in [0.5, 0.6) is 0 Å². The summed E-state index contributed by atoms with van der Waals surface area (Å²) >= 11 is 0. The molecule has 0 unspecified atom stereocenters. The van der Waals surface area contributed by atoms with E-state index >= 15 is 0 Å². The predicted molar refractivity (Wildman–Crippen MR) is 56.6 cm³/mol. The fourth-order valence-electron chi connectivity index (χ4n) is 1.59. The van der Waals surface area contributed by atoms with Crippen LogP contribution in [-0.2, 0) is 19.1 Å². The Kier molecular flexibility index (Phi) is 3.35. The number of hydrogen-bond donors (Lipinski definition) is 0. The number of nitrogens with zero attached hydrogens (tertiary/aromatic N) is 1. The van der Waals surface area contributed by atoms with Gasteiger partial charge in [-0.05, 0) is 20.8 Å². The maximum Gasteiger partial charge on any atom is 0.302 e. The van der Waals surface area contributed by atoms with Gasteiger partial charge in [-0.25, -0.2) is 0 Å². The third-order valence-corrected chi connectivity index (χ3v) is 2.87. The third-order valence-electron chi connectivity index (χ3n) is 2.87. The molecule has 0 spiro atoms. The van der Waals surface area contributed by atoms with E-state index in [0.717, 1.165) is 0 Å². The van der Waals surface area contributed by atoms with Crippen LogP contribution in [0.4, 0.5) is 0 Å². The molecule has 0 bridgehead atoms. The molecule has 0 aromatic rings. The molecule has 1 amide bonds. The molecule has 1 atom stereocenters. The number of carbonyl (C=O) groups is 3. The van der Waals surface area contributed by atoms with E-state index in [-0.39, 0.29) is 36.9 Å². The van der Waals surface area contributed by atoms with E-state index in [1.54, 1.807) is 20.8 Å². The predicted octanol–water partition coefficient (Wildman–Crippen LogP) is 0.375. The summed E-state index contributed by atoms with van der Waals surface area (Å²) in [4.78, 5) is 35.6. The molecule has 1 aliphatic heterocycles. The van der Waals surface area contributed by atoms with Crippen molar-refractivity contribution in [3.8, 4) is 0 Å². The van der Waals surface area contributed by atoms with Gasteiger partial charge >= 0.3 is 5.97 Å². The van der Waals surface area contributed by atoms with Crippen LogP contribution in [-0.4, -0.2) is 41.8 Å². The normalized spacial score (nSPS) is 21.1. The molecule has 1 aliphatic rings. The lowest BCUT2D eigenvalue weighted by molar-refractivity contribution is -0.146. The number of likely N-dealkylation sites (tertiary alicyclic amines) is 1. The lowest BCUT2D eigenvalue weighted by Gasteiger charge is -2.24. The highest BCUT2D eigenvalue weighted by atomic mass is 16.5. The van der Waals surface area contributed by atoms with Crippen LogP contribution in [0.1, 0.15) is 27.7 Å². The fraction of sp³-hybridized carbons (Fsp3) is 0.727. The topological polar surface area (TPSA) is 63.7 Å². The molecule has 1 saturated heterocycles. The first kappa shape index (κ1) is 12.7. The summed E-state index contributed by atoms with van der Waals surface area (Å²) in [6.07, 6.45) is 0. The SMILES string of the molecule is CC(=O)OC[C@H](C)N1CC(=O)C(C)(C)C1=O. The van der Waals surface area contributed by atoms with Gasteiger partial charge in [0.1, 0.15) is 12.0 Å². The van der Waals surface area contributed by atoms with Crippen LogP contribution >= 0.6 is 0 Å². The highest BCUT2D eigenvalue weighted by molar-refractivity contribution is 6.11. The Balaban J connectivity index is 2.66. The minimum absolute atomic E-state index is 0.0906. The highest BCUT2D eigenvalue weighted by Crippen LogP contribution is 2.28. The largest absolute Gasteiger partial charge is 0.464 e. The first-order valence-electron chi connectivity index (χ1n) is 5.24. The maximum absolute atomic E-state index is 11.9. The van der Waals surface area contributed by atoms with E-state index in [0.29, 0.717) is 0 Å². The van der Waals surface area contributed by atoms with Crippen LogP contribution in [0, 0.1) is 5.41 Å². The maximum atomic E-state index is 11.9. The van der Waals surface area contributed by atoms with E-state index in [2.05, 4.69) is 0 Å². The molecule has 0 saturated carbocycles. The van der Waals surface area contributed by atoms with Crippen molar-refractivity contribution in [1.82, 2.24) is 4.90 Å². The van der Waals surface area contributed by atoms with E-state index in [1.807, 2.05) is 0 Å². The Morgan fingerprint density at radius 1 is 1.50 bits per heavy atom. The first-order chi connectivity index (χ1) is 7.26. The Hall–Kier alpha value is -1.39. The lowest BCUT2D eigenvalue weighted by atomic mass is 9.91. The van der Waals surface area contributed by atoms with Gasteiger partial charge in [0, 0.05) is 6.92 Å². The van der Waals surface area contributed by atoms with Gasteiger partial charge in [0.2, 0.25) is 5.91 Å². The second-order valence-corrected chi connectivity index (χ2v) is 4.63. The number of carbonyl (C=O) groups excluding carboxylic acids is 3. The minimum Gasteiger partial charge on any atom is -0.464 e. The van der Waals surface area contributed by atoms with Gasteiger partial charge in [-0.2, -0.15) is 0 Å². The number of hydrogen-bond acceptors (Lipinski definition) is 4. The molecular weight excluding hydrogens is 210 g/mol. The molecule has 1 rings (SSSR count). The first-order valence-corrected chi connectivity index (χ1v) is 5.24. The number of Topliss-reactive ketones (excluding diaryl/α,β-unsaturated/α-hetero) is 1. The summed E-state index contributed by atoms with van der Waals surface area (Å²) in [6.45, 7) is 6.55. The van der Waals surface area contributed by atoms with Crippen molar-refractivity contribution >= 4 is 17.7 Å². The van der Waals surface area contributed by atoms with Gasteiger partial charge in [-0.1, -0.05) is 0 Å². The molecule has 5 nitrogen and oxygen atoms in total. The molecule has 0 aliphatic carbocycles. The van der Waals surface area contributed by atoms with Gasteiger partial charge in [0.25, 0.3) is 0 Å². The molecule has 0 aromatic carbocycles. The summed E-state index contributed by atoms with van der Waals surface area (Å²) in [5, 5.41) is 0. The second-order valence-electron chi connectivity index (χ2n) is 4.63. The van der Waals surface area contributed by atoms with Crippen molar-refractivity contribution < 1.29 is 19.1 Å². The number of esters is 1. The Labute approximate surface area is 94.7 Å². The van der Waals surface area contributed by atoms with Gasteiger partial charge in [-0.3, -0.25) is 14.4 Å². The van der Waals surface area contributed by atoms with Crippen molar-refractivity contribution in [3.05, 3.63) is 0 Å². The van der Waals surface area contributed by atoms with Gasteiger partial charge in [0.15, 0.2) is 5.78 Å². The average Bonchev–Trinajstić information content (AvgIpc) is 2.38. The van der Waals surface area contributed by atoms with Crippen LogP contribution in [0.3, 0.4) is 0 Å². The Morgan fingerprint density at radius 3 is 2.44 bits per heavy atom. The van der Waals surface area contributed by atoms with E-state index in [4.69, 9.17) is 4.74 Å². The van der Waals surface area contributed by atoms with E-state index in [1.165, 1.54) is 11.8 Å². The van der Waals surface area contributed by atoms with Crippen LogP contribution in [0.2, 0.25) is 0 Å². The molecule has 16 heavy (non-hydrogen) atoms. The Morgan fingerprint density at radius 2 is 2.06 bits per heavy atom. The van der Waals surface area contributed by atoms with Crippen LogP contribution in [0.15, 0.2) is 0 Å². The van der Waals surface area contributed by atoms with E-state index < -0.39 is 5.41 Å². The number of ketones is 1. The molecule has 1 heterocycles. The molecule has 90 valence electrons. The smallest absolute Gasteiger partial charge is 0.302 e. The number of rotatable bonds is 3. The fourth-order valence-corrected chi connectivity index (χ4v) is 1.59. The van der Waals surface area contributed by atoms with Gasteiger partial charge in [-0.15, -0.1) is 0 Å². The second kappa shape index (κ2) is 4.23. The Bertz CT molecular complexity index is 335. The molecule has 0 aromatic heterocycles. The zero-order chi connectivity index (χ0) is 12.5. The molecule has 1 fully saturated rings. The average molecular weight is 227 g/mol. The zero-order valence-corrected chi connectivity index (χ0v) is 10.1.